The number of nitrogens with zero attached hydrogens (tertiary/aromatic N) is 1. The molecule has 0 aliphatic carbocycles. The summed E-state index contributed by atoms with van der Waals surface area (Å²) in [6, 6.07) is 17.2. The fraction of sp³-hybridized carbons (Fsp3) is 0.348. The normalized spacial score (nSPS) is 16.8. The first-order valence-electron chi connectivity index (χ1n) is 9.80. The van der Waals surface area contributed by atoms with Crippen LogP contribution in [0.5, 0.6) is 0 Å². The molecule has 2 aromatic rings. The van der Waals surface area contributed by atoms with Gasteiger partial charge in [0.1, 0.15) is 0 Å². The van der Waals surface area contributed by atoms with Crippen LogP contribution in [-0.2, 0) is 26.0 Å². The summed E-state index contributed by atoms with van der Waals surface area (Å²) in [5.41, 5.74) is 1.96. The Kier molecular flexibility index (Phi) is 9.56. The topological polar surface area (TPSA) is 63.7 Å². The molecule has 1 saturated heterocycles. The Morgan fingerprint density at radius 3 is 2.57 bits per heavy atom. The van der Waals surface area contributed by atoms with E-state index in [0.717, 1.165) is 29.0 Å². The molecule has 3 rings (SSSR count). The van der Waals surface area contributed by atoms with Crippen LogP contribution in [0.2, 0.25) is 5.02 Å². The third-order valence-electron chi connectivity index (χ3n) is 4.84. The summed E-state index contributed by atoms with van der Waals surface area (Å²) in [6.07, 6.45) is 3.44. The van der Waals surface area contributed by atoms with Crippen LogP contribution in [0, 0.1) is 0 Å². The largest absolute Gasteiger partial charge is 0.469 e. The Hall–Kier alpha value is -2.15. The Bertz CT molecular complexity index is 931. The molecule has 30 heavy (non-hydrogen) atoms. The van der Waals surface area contributed by atoms with E-state index in [1.807, 2.05) is 54.6 Å². The van der Waals surface area contributed by atoms with E-state index in [-0.39, 0.29) is 24.1 Å². The molecule has 2 aromatic carbocycles. The van der Waals surface area contributed by atoms with E-state index in [1.54, 1.807) is 4.31 Å². The molecule has 1 unspecified atom stereocenters. The van der Waals surface area contributed by atoms with Crippen LogP contribution in [-0.4, -0.2) is 44.6 Å². The van der Waals surface area contributed by atoms with Crippen molar-refractivity contribution in [2.24, 2.45) is 0 Å². The second-order valence-electron chi connectivity index (χ2n) is 7.06. The molecule has 0 saturated carbocycles. The first kappa shape index (κ1) is 24.1. The highest BCUT2D eigenvalue weighted by Crippen LogP contribution is 2.29. The number of esters is 1. The monoisotopic (exact) mass is 449 g/mol. The number of piperidine rings is 1. The van der Waals surface area contributed by atoms with Gasteiger partial charge in [-0.15, -0.1) is 6.58 Å². The lowest BCUT2D eigenvalue weighted by Gasteiger charge is -2.32. The minimum Gasteiger partial charge on any atom is -0.469 e. The van der Waals surface area contributed by atoms with Gasteiger partial charge in [0.2, 0.25) is 10.0 Å². The number of carbonyl (C=O) groups is 1. The summed E-state index contributed by atoms with van der Waals surface area (Å²) in [4.78, 5) is 11.4. The van der Waals surface area contributed by atoms with Crippen LogP contribution in [0.15, 0.2) is 67.3 Å². The van der Waals surface area contributed by atoms with Crippen molar-refractivity contribution in [2.45, 2.75) is 25.2 Å². The Balaban J connectivity index is 0.000000386. The third-order valence-corrected chi connectivity index (χ3v) is 6.87. The lowest BCUT2D eigenvalue weighted by Crippen LogP contribution is -2.40. The number of halogens is 1. The number of sulfonamides is 1. The molecule has 1 aliphatic rings. The van der Waals surface area contributed by atoms with Crippen LogP contribution in [0.3, 0.4) is 0 Å². The summed E-state index contributed by atoms with van der Waals surface area (Å²) in [6.45, 7) is 4.56. The fourth-order valence-corrected chi connectivity index (χ4v) is 4.80. The van der Waals surface area contributed by atoms with Gasteiger partial charge in [0.25, 0.3) is 0 Å². The Labute approximate surface area is 184 Å². The van der Waals surface area contributed by atoms with Gasteiger partial charge < -0.3 is 4.74 Å². The van der Waals surface area contributed by atoms with Gasteiger partial charge in [-0.1, -0.05) is 60.1 Å². The van der Waals surface area contributed by atoms with Gasteiger partial charge in [-0.05, 0) is 42.0 Å². The summed E-state index contributed by atoms with van der Waals surface area (Å²) in [7, 11) is -1.90. The number of ether oxygens (including phenoxy) is 1. The maximum absolute atomic E-state index is 12.2. The first-order chi connectivity index (χ1) is 14.4. The summed E-state index contributed by atoms with van der Waals surface area (Å²) in [5.74, 6) is -0.149. The van der Waals surface area contributed by atoms with Gasteiger partial charge in [-0.2, -0.15) is 0 Å². The van der Waals surface area contributed by atoms with Crippen molar-refractivity contribution in [1.29, 1.82) is 0 Å². The quantitative estimate of drug-likeness (QED) is 0.483. The number of hydrogen-bond donors (Lipinski definition) is 0. The van der Waals surface area contributed by atoms with Crippen molar-refractivity contribution in [3.8, 4) is 0 Å². The van der Waals surface area contributed by atoms with Crippen LogP contribution in [0.1, 0.15) is 29.9 Å². The van der Waals surface area contributed by atoms with Crippen molar-refractivity contribution in [1.82, 2.24) is 4.31 Å². The molecule has 0 N–H and O–H groups in total. The van der Waals surface area contributed by atoms with E-state index < -0.39 is 10.0 Å². The number of carbonyl (C=O) groups excluding carboxylic acids is 1. The maximum Gasteiger partial charge on any atom is 0.309 e. The van der Waals surface area contributed by atoms with Crippen molar-refractivity contribution in [3.05, 3.63) is 83.4 Å². The molecule has 1 fully saturated rings. The maximum atomic E-state index is 12.2. The smallest absolute Gasteiger partial charge is 0.309 e. The zero-order valence-corrected chi connectivity index (χ0v) is 18.7. The molecule has 1 atom stereocenters. The highest BCUT2D eigenvalue weighted by Gasteiger charge is 2.28. The molecule has 0 amide bonds. The van der Waals surface area contributed by atoms with Gasteiger partial charge in [0.15, 0.2) is 0 Å². The minimum absolute atomic E-state index is 0.0257. The van der Waals surface area contributed by atoms with Crippen LogP contribution < -0.4 is 0 Å². The van der Waals surface area contributed by atoms with Crippen LogP contribution in [0.25, 0.3) is 0 Å². The van der Waals surface area contributed by atoms with E-state index in [2.05, 4.69) is 6.58 Å². The van der Waals surface area contributed by atoms with Gasteiger partial charge >= 0.3 is 5.97 Å². The van der Waals surface area contributed by atoms with Crippen molar-refractivity contribution in [3.63, 3.8) is 0 Å². The number of methoxy groups -OCH3 is 1. The molecular weight excluding hydrogens is 422 g/mol. The lowest BCUT2D eigenvalue weighted by atomic mass is 9.90. The average molecular weight is 450 g/mol. The molecule has 162 valence electrons. The second-order valence-corrected chi connectivity index (χ2v) is 9.51. The number of hydrogen-bond acceptors (Lipinski definition) is 4. The Morgan fingerprint density at radius 1 is 1.23 bits per heavy atom. The summed E-state index contributed by atoms with van der Waals surface area (Å²) < 4.78 is 30.7. The van der Waals surface area contributed by atoms with E-state index in [4.69, 9.17) is 16.3 Å². The van der Waals surface area contributed by atoms with E-state index >= 15 is 0 Å². The first-order valence-corrected chi connectivity index (χ1v) is 11.8. The predicted molar refractivity (Wildman–Crippen MR) is 121 cm³/mol. The third kappa shape index (κ3) is 7.59. The summed E-state index contributed by atoms with van der Waals surface area (Å²) >= 11 is 5.54. The highest BCUT2D eigenvalue weighted by molar-refractivity contribution is 7.89. The zero-order valence-electron chi connectivity index (χ0n) is 17.2. The van der Waals surface area contributed by atoms with Gasteiger partial charge in [-0.25, -0.2) is 12.7 Å². The number of rotatable bonds is 6. The molecule has 0 spiro atoms. The molecule has 7 heteroatoms. The molecular formula is C23H28ClNO4S. The number of benzene rings is 2. The SMILES string of the molecule is C=CCS(=O)(=O)N1CCCC(c2cccc(CC(=O)OC)c2)C1.Clc1ccccc1. The molecule has 1 heterocycles. The van der Waals surface area contributed by atoms with Crippen molar-refractivity contribution >= 4 is 27.6 Å². The standard InChI is InChI=1S/C17H23NO4S.C6H5Cl/c1-3-10-23(20,21)18-9-5-8-16(13-18)15-7-4-6-14(11-15)12-17(19)22-2;7-6-4-2-1-3-5-6/h3-4,6-7,11,16H,1,5,8-10,12-13H2,2H3;1-5H. The van der Waals surface area contributed by atoms with Crippen molar-refractivity contribution in [2.75, 3.05) is 26.0 Å². The molecule has 0 radical (unpaired) electrons. The average Bonchev–Trinajstić information content (AvgIpc) is 2.75. The predicted octanol–water partition coefficient (Wildman–Crippen LogP) is 4.44. The zero-order chi connectivity index (χ0) is 22.0. The summed E-state index contributed by atoms with van der Waals surface area (Å²) in [5, 5.41) is 0.794. The molecule has 5 nitrogen and oxygen atoms in total. The highest BCUT2D eigenvalue weighted by atomic mass is 35.5. The van der Waals surface area contributed by atoms with Gasteiger partial charge in [0, 0.05) is 18.1 Å². The van der Waals surface area contributed by atoms with E-state index in [1.165, 1.54) is 13.2 Å². The fourth-order valence-electron chi connectivity index (χ4n) is 3.33. The molecule has 1 aliphatic heterocycles. The van der Waals surface area contributed by atoms with Crippen molar-refractivity contribution < 1.29 is 17.9 Å². The lowest BCUT2D eigenvalue weighted by molar-refractivity contribution is -0.139. The molecule has 0 aromatic heterocycles. The van der Waals surface area contributed by atoms with E-state index in [9.17, 15) is 13.2 Å². The Morgan fingerprint density at radius 2 is 1.97 bits per heavy atom. The van der Waals surface area contributed by atoms with Crippen LogP contribution in [0.4, 0.5) is 0 Å². The van der Waals surface area contributed by atoms with E-state index in [0.29, 0.717) is 13.1 Å². The van der Waals surface area contributed by atoms with Gasteiger partial charge in [-0.3, -0.25) is 4.79 Å². The molecule has 0 bridgehead atoms. The van der Waals surface area contributed by atoms with Gasteiger partial charge in [0.05, 0.1) is 19.3 Å². The minimum atomic E-state index is -3.27. The van der Waals surface area contributed by atoms with Crippen LogP contribution >= 0.6 is 11.6 Å². The second kappa shape index (κ2) is 11.9.